The second-order valence-electron chi connectivity index (χ2n) is 6.51. The molecule has 5 nitrogen and oxygen atoms in total. The number of hydrogen-bond acceptors (Lipinski definition) is 4. The molecule has 150 valence electrons. The first kappa shape index (κ1) is 20.3. The summed E-state index contributed by atoms with van der Waals surface area (Å²) < 4.78 is 38.0. The molecule has 0 unspecified atom stereocenters. The fourth-order valence-electron chi connectivity index (χ4n) is 3.02. The molecule has 2 amide bonds. The number of benzene rings is 1. The van der Waals surface area contributed by atoms with E-state index < -0.39 is 11.7 Å². The van der Waals surface area contributed by atoms with Crippen molar-refractivity contribution in [3.05, 3.63) is 40.9 Å². The fourth-order valence-corrected chi connectivity index (χ4v) is 3.84. The third-order valence-corrected chi connectivity index (χ3v) is 5.57. The number of amides is 2. The lowest BCUT2D eigenvalue weighted by atomic mass is 10.1. The molecule has 28 heavy (non-hydrogen) atoms. The fraction of sp³-hybridized carbons (Fsp3) is 0.421. The number of nitrogens with zero attached hydrogens (tertiary/aromatic N) is 3. The Kier molecular flexibility index (Phi) is 6.02. The van der Waals surface area contributed by atoms with Gasteiger partial charge in [-0.05, 0) is 12.1 Å². The van der Waals surface area contributed by atoms with Crippen LogP contribution >= 0.6 is 11.3 Å². The zero-order valence-corrected chi connectivity index (χ0v) is 16.1. The van der Waals surface area contributed by atoms with E-state index in [0.717, 1.165) is 12.1 Å². The van der Waals surface area contributed by atoms with Gasteiger partial charge in [0.25, 0.3) is 0 Å². The molecule has 3 rings (SSSR count). The van der Waals surface area contributed by atoms with Gasteiger partial charge in [0.2, 0.25) is 11.8 Å². The van der Waals surface area contributed by atoms with Crippen LogP contribution in [0.1, 0.15) is 24.6 Å². The number of hydrogen-bond donors (Lipinski definition) is 0. The summed E-state index contributed by atoms with van der Waals surface area (Å²) in [5, 5.41) is 2.33. The maximum atomic E-state index is 12.7. The van der Waals surface area contributed by atoms with Gasteiger partial charge in [-0.3, -0.25) is 9.59 Å². The summed E-state index contributed by atoms with van der Waals surface area (Å²) in [5.41, 5.74) is 0.476. The van der Waals surface area contributed by atoms with Crippen LogP contribution in [0.15, 0.2) is 29.6 Å². The molecule has 0 N–H and O–H groups in total. The molecule has 1 aliphatic rings. The molecule has 1 aliphatic heterocycles. The Labute approximate surface area is 164 Å². The summed E-state index contributed by atoms with van der Waals surface area (Å²) >= 11 is 1.30. The van der Waals surface area contributed by atoms with Crippen molar-refractivity contribution < 1.29 is 22.8 Å². The molecule has 0 saturated carbocycles. The molecule has 2 heterocycles. The number of halogens is 3. The maximum Gasteiger partial charge on any atom is 0.416 e. The molecule has 9 heteroatoms. The normalized spacial score (nSPS) is 15.0. The third kappa shape index (κ3) is 4.70. The first-order chi connectivity index (χ1) is 13.3. The van der Waals surface area contributed by atoms with E-state index in [-0.39, 0.29) is 18.2 Å². The Bertz CT molecular complexity index is 841. The van der Waals surface area contributed by atoms with Crippen LogP contribution in [-0.2, 0) is 22.2 Å². The number of carbonyl (C=O) groups is 2. The number of piperazine rings is 1. The van der Waals surface area contributed by atoms with Crippen LogP contribution in [0.25, 0.3) is 10.6 Å². The van der Waals surface area contributed by atoms with Crippen LogP contribution in [0.2, 0.25) is 0 Å². The van der Waals surface area contributed by atoms with E-state index in [4.69, 9.17) is 0 Å². The average Bonchev–Trinajstić information content (AvgIpc) is 3.15. The van der Waals surface area contributed by atoms with Crippen molar-refractivity contribution in [1.82, 2.24) is 14.8 Å². The second kappa shape index (κ2) is 8.30. The third-order valence-electron chi connectivity index (χ3n) is 4.63. The van der Waals surface area contributed by atoms with Crippen LogP contribution in [0, 0.1) is 0 Å². The minimum absolute atomic E-state index is 0.0622. The molecule has 1 aromatic carbocycles. The van der Waals surface area contributed by atoms with Gasteiger partial charge in [-0.25, -0.2) is 4.98 Å². The van der Waals surface area contributed by atoms with E-state index in [1.807, 2.05) is 6.92 Å². The molecule has 1 saturated heterocycles. The first-order valence-corrected chi connectivity index (χ1v) is 9.83. The minimum atomic E-state index is -4.37. The Morgan fingerprint density at radius 3 is 2.14 bits per heavy atom. The summed E-state index contributed by atoms with van der Waals surface area (Å²) in [6.45, 7) is 3.88. The van der Waals surface area contributed by atoms with Crippen molar-refractivity contribution in [2.24, 2.45) is 0 Å². The standard InChI is InChI=1S/C19H20F3N3O2S/c1-2-16(26)24-7-9-25(10-8-24)17(27)11-15-12-28-18(23-15)13-3-5-14(6-4-13)19(20,21)22/h3-6,12H,2,7-11H2,1H3. The van der Waals surface area contributed by atoms with Gasteiger partial charge in [0.1, 0.15) is 5.01 Å². The quantitative estimate of drug-likeness (QED) is 0.774. The number of aromatic nitrogens is 1. The molecule has 0 atom stereocenters. The van der Waals surface area contributed by atoms with Gasteiger partial charge in [0.15, 0.2) is 0 Å². The Morgan fingerprint density at radius 1 is 1.04 bits per heavy atom. The minimum Gasteiger partial charge on any atom is -0.339 e. The van der Waals surface area contributed by atoms with Crippen molar-refractivity contribution >= 4 is 23.2 Å². The number of thiazole rings is 1. The largest absolute Gasteiger partial charge is 0.416 e. The molecule has 0 radical (unpaired) electrons. The zero-order chi connectivity index (χ0) is 20.3. The lowest BCUT2D eigenvalue weighted by molar-refractivity contribution is -0.139. The van der Waals surface area contributed by atoms with E-state index in [9.17, 15) is 22.8 Å². The zero-order valence-electron chi connectivity index (χ0n) is 15.3. The molecule has 0 spiro atoms. The summed E-state index contributed by atoms with van der Waals surface area (Å²) in [5.74, 6) is 0.0284. The first-order valence-electron chi connectivity index (χ1n) is 8.95. The van der Waals surface area contributed by atoms with Crippen molar-refractivity contribution in [3.8, 4) is 10.6 Å². The van der Waals surface area contributed by atoms with Gasteiger partial charge in [0.05, 0.1) is 17.7 Å². The Balaban J connectivity index is 1.59. The van der Waals surface area contributed by atoms with E-state index in [0.29, 0.717) is 48.9 Å². The number of carbonyl (C=O) groups excluding carboxylic acids is 2. The second-order valence-corrected chi connectivity index (χ2v) is 7.37. The monoisotopic (exact) mass is 411 g/mol. The molecule has 1 fully saturated rings. The van der Waals surface area contributed by atoms with Crippen LogP contribution in [0.5, 0.6) is 0 Å². The van der Waals surface area contributed by atoms with Crippen molar-refractivity contribution in [3.63, 3.8) is 0 Å². The van der Waals surface area contributed by atoms with E-state index >= 15 is 0 Å². The van der Waals surface area contributed by atoms with Crippen molar-refractivity contribution in [2.75, 3.05) is 26.2 Å². The van der Waals surface area contributed by atoms with E-state index in [1.165, 1.54) is 23.5 Å². The highest BCUT2D eigenvalue weighted by atomic mass is 32.1. The SMILES string of the molecule is CCC(=O)N1CCN(C(=O)Cc2csc(-c3ccc(C(F)(F)F)cc3)n2)CC1. The smallest absolute Gasteiger partial charge is 0.339 e. The van der Waals surface area contributed by atoms with Gasteiger partial charge in [-0.2, -0.15) is 13.2 Å². The van der Waals surface area contributed by atoms with Crippen molar-refractivity contribution in [2.45, 2.75) is 25.9 Å². The summed E-state index contributed by atoms with van der Waals surface area (Å²) in [7, 11) is 0. The Hall–Kier alpha value is -2.42. The molecule has 0 bridgehead atoms. The van der Waals surface area contributed by atoms with E-state index in [1.54, 1.807) is 15.2 Å². The summed E-state index contributed by atoms with van der Waals surface area (Å²) in [6, 6.07) is 4.83. The number of rotatable bonds is 4. The van der Waals surface area contributed by atoms with Gasteiger partial charge < -0.3 is 9.80 Å². The summed E-state index contributed by atoms with van der Waals surface area (Å²) in [6.07, 6.45) is -3.77. The highest BCUT2D eigenvalue weighted by Gasteiger charge is 2.30. The molecule has 2 aromatic rings. The lowest BCUT2D eigenvalue weighted by Crippen LogP contribution is -2.50. The highest BCUT2D eigenvalue weighted by molar-refractivity contribution is 7.13. The van der Waals surface area contributed by atoms with E-state index in [2.05, 4.69) is 4.98 Å². The van der Waals surface area contributed by atoms with Gasteiger partial charge in [0, 0.05) is 43.5 Å². The average molecular weight is 411 g/mol. The predicted molar refractivity (Wildman–Crippen MR) is 99.7 cm³/mol. The molecular weight excluding hydrogens is 391 g/mol. The summed E-state index contributed by atoms with van der Waals surface area (Å²) in [4.78, 5) is 32.0. The lowest BCUT2D eigenvalue weighted by Gasteiger charge is -2.34. The topological polar surface area (TPSA) is 53.5 Å². The molecule has 0 aliphatic carbocycles. The van der Waals surface area contributed by atoms with Crippen molar-refractivity contribution in [1.29, 1.82) is 0 Å². The van der Waals surface area contributed by atoms with Crippen LogP contribution in [0.4, 0.5) is 13.2 Å². The highest BCUT2D eigenvalue weighted by Crippen LogP contribution is 2.31. The van der Waals surface area contributed by atoms with Crippen LogP contribution < -0.4 is 0 Å². The molecular formula is C19H20F3N3O2S. The molecule has 1 aromatic heterocycles. The van der Waals surface area contributed by atoms with Crippen LogP contribution in [-0.4, -0.2) is 52.8 Å². The predicted octanol–water partition coefficient (Wildman–Crippen LogP) is 3.45. The van der Waals surface area contributed by atoms with Gasteiger partial charge in [-0.1, -0.05) is 19.1 Å². The number of alkyl halides is 3. The maximum absolute atomic E-state index is 12.7. The van der Waals surface area contributed by atoms with Gasteiger partial charge >= 0.3 is 6.18 Å². The Morgan fingerprint density at radius 2 is 1.61 bits per heavy atom. The van der Waals surface area contributed by atoms with Crippen LogP contribution in [0.3, 0.4) is 0 Å². The van der Waals surface area contributed by atoms with Gasteiger partial charge in [-0.15, -0.1) is 11.3 Å².